The molecule has 1 aromatic rings. The molecule has 0 bridgehead atoms. The van der Waals surface area contributed by atoms with Crippen molar-refractivity contribution in [2.24, 2.45) is 11.7 Å². The fourth-order valence-corrected chi connectivity index (χ4v) is 2.63. The molecule has 1 rings (SSSR count). The highest BCUT2D eigenvalue weighted by Crippen LogP contribution is 2.15. The monoisotopic (exact) mass is 340 g/mol. The Kier molecular flexibility index (Phi) is 8.12. The molecule has 0 aliphatic heterocycles. The third-order valence-corrected chi connectivity index (χ3v) is 4.63. The van der Waals surface area contributed by atoms with Crippen molar-refractivity contribution >= 4 is 39.8 Å². The van der Waals surface area contributed by atoms with Crippen LogP contribution in [0, 0.1) is 5.92 Å². The molecule has 114 valence electrons. The van der Waals surface area contributed by atoms with E-state index in [0.29, 0.717) is 5.02 Å². The zero-order valence-corrected chi connectivity index (χ0v) is 13.4. The summed E-state index contributed by atoms with van der Waals surface area (Å²) in [4.78, 5) is 11.6. The molecule has 5 nitrogen and oxygen atoms in total. The molecule has 0 aromatic heterocycles. The predicted octanol–water partition coefficient (Wildman–Crippen LogP) is 1.25. The van der Waals surface area contributed by atoms with Crippen LogP contribution in [-0.2, 0) is 14.6 Å². The summed E-state index contributed by atoms with van der Waals surface area (Å²) in [6, 6.07) is 5.93. The molecule has 0 saturated carbocycles. The van der Waals surface area contributed by atoms with Gasteiger partial charge in [0, 0.05) is 24.0 Å². The van der Waals surface area contributed by atoms with E-state index >= 15 is 0 Å². The maximum atomic E-state index is 11.9. The van der Waals surface area contributed by atoms with Gasteiger partial charge >= 0.3 is 0 Å². The highest BCUT2D eigenvalue weighted by molar-refractivity contribution is 7.91. The van der Waals surface area contributed by atoms with E-state index in [2.05, 4.69) is 5.32 Å². The number of benzene rings is 1. The summed E-state index contributed by atoms with van der Waals surface area (Å²) in [5.41, 5.74) is 5.34. The largest absolute Gasteiger partial charge is 0.355 e. The van der Waals surface area contributed by atoms with Gasteiger partial charge in [0.15, 0.2) is 9.84 Å². The Morgan fingerprint density at radius 2 is 1.90 bits per heavy atom. The van der Waals surface area contributed by atoms with E-state index in [0.717, 1.165) is 0 Å². The van der Waals surface area contributed by atoms with Crippen LogP contribution in [0.2, 0.25) is 5.02 Å². The van der Waals surface area contributed by atoms with E-state index < -0.39 is 9.84 Å². The molecule has 1 aromatic carbocycles. The smallest absolute Gasteiger partial charge is 0.224 e. The van der Waals surface area contributed by atoms with Crippen LogP contribution < -0.4 is 11.1 Å². The van der Waals surface area contributed by atoms with E-state index in [4.69, 9.17) is 17.3 Å². The van der Waals surface area contributed by atoms with Crippen molar-refractivity contribution in [1.82, 2.24) is 5.32 Å². The second kappa shape index (κ2) is 8.46. The van der Waals surface area contributed by atoms with Crippen LogP contribution >= 0.6 is 24.0 Å². The van der Waals surface area contributed by atoms with Gasteiger partial charge in [-0.2, -0.15) is 0 Å². The fourth-order valence-electron chi connectivity index (χ4n) is 1.35. The number of hydrogen-bond donors (Lipinski definition) is 2. The summed E-state index contributed by atoms with van der Waals surface area (Å²) in [6.07, 6.45) is 0. The minimum Gasteiger partial charge on any atom is -0.355 e. The normalized spacial score (nSPS) is 12.3. The van der Waals surface area contributed by atoms with Crippen molar-refractivity contribution in [3.63, 3.8) is 0 Å². The Morgan fingerprint density at radius 1 is 1.35 bits per heavy atom. The first-order valence-electron chi connectivity index (χ1n) is 5.83. The van der Waals surface area contributed by atoms with Gasteiger partial charge in [0.05, 0.1) is 10.6 Å². The first-order valence-corrected chi connectivity index (χ1v) is 7.86. The Morgan fingerprint density at radius 3 is 2.40 bits per heavy atom. The van der Waals surface area contributed by atoms with Crippen LogP contribution in [-0.4, -0.2) is 33.2 Å². The van der Waals surface area contributed by atoms with Crippen molar-refractivity contribution in [2.45, 2.75) is 11.8 Å². The number of nitrogens with one attached hydrogen (secondary N) is 1. The summed E-state index contributed by atoms with van der Waals surface area (Å²) in [7, 11) is -3.41. The highest BCUT2D eigenvalue weighted by atomic mass is 35.5. The Labute approximate surface area is 130 Å². The minimum atomic E-state index is -3.41. The van der Waals surface area contributed by atoms with Crippen molar-refractivity contribution in [2.75, 3.05) is 18.8 Å². The van der Waals surface area contributed by atoms with Crippen LogP contribution in [0.5, 0.6) is 0 Å². The first kappa shape index (κ1) is 19.2. The van der Waals surface area contributed by atoms with Crippen LogP contribution in [0.1, 0.15) is 6.92 Å². The summed E-state index contributed by atoms with van der Waals surface area (Å²) >= 11 is 5.69. The molecular weight excluding hydrogens is 323 g/mol. The van der Waals surface area contributed by atoms with E-state index in [1.54, 1.807) is 6.92 Å². The van der Waals surface area contributed by atoms with Gasteiger partial charge in [0.1, 0.15) is 0 Å². The van der Waals surface area contributed by atoms with Crippen LogP contribution in [0.4, 0.5) is 0 Å². The maximum Gasteiger partial charge on any atom is 0.224 e. The molecule has 3 N–H and O–H groups in total. The summed E-state index contributed by atoms with van der Waals surface area (Å²) in [5.74, 6) is -0.718. The lowest BCUT2D eigenvalue weighted by atomic mass is 10.2. The molecule has 0 aliphatic rings. The Bertz CT molecular complexity index is 532. The standard InChI is InChI=1S/C12H17ClN2O3S.ClH/c1-9(8-14)12(16)15-6-7-19(17,18)11-4-2-10(13)3-5-11;/h2-5,9H,6-8,14H2,1H3,(H,15,16);1H. The second-order valence-corrected chi connectivity index (χ2v) is 6.75. The third kappa shape index (κ3) is 5.66. The van der Waals surface area contributed by atoms with E-state index in [1.165, 1.54) is 24.3 Å². The maximum absolute atomic E-state index is 11.9. The molecule has 0 fully saturated rings. The summed E-state index contributed by atoms with van der Waals surface area (Å²) in [5, 5.41) is 3.02. The molecule has 20 heavy (non-hydrogen) atoms. The number of carbonyl (C=O) groups excluding carboxylic acids is 1. The van der Waals surface area contributed by atoms with E-state index in [9.17, 15) is 13.2 Å². The van der Waals surface area contributed by atoms with Gasteiger partial charge in [-0.3, -0.25) is 4.79 Å². The first-order chi connectivity index (χ1) is 8.86. The van der Waals surface area contributed by atoms with Crippen LogP contribution in [0.3, 0.4) is 0 Å². The van der Waals surface area contributed by atoms with Gasteiger partial charge in [0.25, 0.3) is 0 Å². The average molecular weight is 341 g/mol. The molecule has 0 saturated heterocycles. The number of rotatable bonds is 6. The summed E-state index contributed by atoms with van der Waals surface area (Å²) < 4.78 is 23.9. The lowest BCUT2D eigenvalue weighted by Crippen LogP contribution is -2.36. The Hall–Kier alpha value is -0.820. The molecule has 0 aliphatic carbocycles. The molecule has 0 radical (unpaired) electrons. The minimum absolute atomic E-state index is 0. The number of halogens is 2. The van der Waals surface area contributed by atoms with Gasteiger partial charge in [-0.1, -0.05) is 18.5 Å². The zero-order valence-electron chi connectivity index (χ0n) is 11.0. The second-order valence-electron chi connectivity index (χ2n) is 4.20. The molecule has 1 atom stereocenters. The molecular formula is C12H18Cl2N2O3S. The molecule has 1 amide bonds. The number of sulfone groups is 1. The topological polar surface area (TPSA) is 89.3 Å². The van der Waals surface area contributed by atoms with Gasteiger partial charge in [0.2, 0.25) is 5.91 Å². The van der Waals surface area contributed by atoms with Gasteiger partial charge in [-0.05, 0) is 24.3 Å². The van der Waals surface area contributed by atoms with Gasteiger partial charge < -0.3 is 11.1 Å². The van der Waals surface area contributed by atoms with Crippen molar-refractivity contribution in [3.05, 3.63) is 29.3 Å². The molecule has 0 heterocycles. The lowest BCUT2D eigenvalue weighted by Gasteiger charge is -2.10. The van der Waals surface area contributed by atoms with Gasteiger partial charge in [-0.25, -0.2) is 8.42 Å². The number of hydrogen-bond acceptors (Lipinski definition) is 4. The Balaban J connectivity index is 0.00000361. The number of nitrogens with two attached hydrogens (primary N) is 1. The van der Waals surface area contributed by atoms with Gasteiger partial charge in [-0.15, -0.1) is 12.4 Å². The summed E-state index contributed by atoms with van der Waals surface area (Å²) in [6.45, 7) is 1.98. The van der Waals surface area contributed by atoms with Crippen LogP contribution in [0.25, 0.3) is 0 Å². The van der Waals surface area contributed by atoms with E-state index in [1.807, 2.05) is 0 Å². The molecule has 0 spiro atoms. The number of carbonyl (C=O) groups is 1. The quantitative estimate of drug-likeness (QED) is 0.815. The predicted molar refractivity (Wildman–Crippen MR) is 82.0 cm³/mol. The van der Waals surface area contributed by atoms with Crippen molar-refractivity contribution < 1.29 is 13.2 Å². The highest BCUT2D eigenvalue weighted by Gasteiger charge is 2.16. The zero-order chi connectivity index (χ0) is 14.5. The SMILES string of the molecule is CC(CN)C(=O)NCCS(=O)(=O)c1ccc(Cl)cc1.Cl. The van der Waals surface area contributed by atoms with E-state index in [-0.39, 0.29) is 48.0 Å². The van der Waals surface area contributed by atoms with Crippen LogP contribution in [0.15, 0.2) is 29.2 Å². The third-order valence-electron chi connectivity index (χ3n) is 2.64. The average Bonchev–Trinajstić information content (AvgIpc) is 2.37. The molecule has 8 heteroatoms. The van der Waals surface area contributed by atoms with Crippen molar-refractivity contribution in [3.8, 4) is 0 Å². The molecule has 1 unspecified atom stereocenters. The number of amides is 1. The van der Waals surface area contributed by atoms with Crippen molar-refractivity contribution in [1.29, 1.82) is 0 Å². The lowest BCUT2D eigenvalue weighted by molar-refractivity contribution is -0.124. The fraction of sp³-hybridized carbons (Fsp3) is 0.417.